The molecule has 0 aliphatic rings. The molecule has 0 aliphatic heterocycles. The normalized spacial score (nSPS) is 11.1. The van der Waals surface area contributed by atoms with Crippen LogP contribution in [0.4, 0.5) is 14.5 Å². The number of carbonyl (C=O) groups excluding carboxylic acids is 1. The highest BCUT2D eigenvalue weighted by atomic mass is 32.1. The van der Waals surface area contributed by atoms with Crippen molar-refractivity contribution in [3.05, 3.63) is 66.0 Å². The first-order valence-electron chi connectivity index (χ1n) is 10.4. The monoisotopic (exact) mass is 484 g/mol. The number of methoxy groups -OCH3 is 1. The van der Waals surface area contributed by atoms with Gasteiger partial charge in [0.15, 0.2) is 11.6 Å². The molecule has 4 aromatic rings. The molecular formula is C24H22F2N4O3S. The summed E-state index contributed by atoms with van der Waals surface area (Å²) < 4.78 is 39.4. The lowest BCUT2D eigenvalue weighted by Crippen LogP contribution is -2.31. The van der Waals surface area contributed by atoms with E-state index < -0.39 is 11.6 Å². The van der Waals surface area contributed by atoms with E-state index in [-0.39, 0.29) is 17.3 Å². The fraction of sp³-hybridized carbons (Fsp3) is 0.208. The van der Waals surface area contributed by atoms with Crippen LogP contribution in [-0.2, 0) is 16.1 Å². The van der Waals surface area contributed by atoms with Crippen molar-refractivity contribution in [2.75, 3.05) is 26.0 Å². The zero-order valence-electron chi connectivity index (χ0n) is 18.5. The van der Waals surface area contributed by atoms with Gasteiger partial charge in [0.1, 0.15) is 5.75 Å². The number of amides is 1. The third-order valence-electron chi connectivity index (χ3n) is 5.13. The highest BCUT2D eigenvalue weighted by molar-refractivity contribution is 7.22. The zero-order valence-corrected chi connectivity index (χ0v) is 19.4. The summed E-state index contributed by atoms with van der Waals surface area (Å²) in [5.74, 6) is -2.26. The fourth-order valence-electron chi connectivity index (χ4n) is 3.30. The standard InChI is InChI=1S/C24H22F2N4O3S/c1-14(31)30(9-10-32-2)13-15-3-5-17(29-12-15)21-11-18-24(34-21)20(7-8-28-18)33-19-6-4-16(27)22(25)23(19)26/h3-8,11-12H,9-10,13,27H2,1-2H3. The van der Waals surface area contributed by atoms with Gasteiger partial charge in [-0.25, -0.2) is 4.39 Å². The lowest BCUT2D eigenvalue weighted by atomic mass is 10.2. The lowest BCUT2D eigenvalue weighted by Gasteiger charge is -2.20. The molecule has 34 heavy (non-hydrogen) atoms. The number of hydrogen-bond donors (Lipinski definition) is 1. The summed E-state index contributed by atoms with van der Waals surface area (Å²) in [6.45, 7) is 2.90. The Morgan fingerprint density at radius 2 is 1.94 bits per heavy atom. The molecule has 1 amide bonds. The average molecular weight is 485 g/mol. The third-order valence-corrected chi connectivity index (χ3v) is 6.30. The van der Waals surface area contributed by atoms with Gasteiger partial charge in [-0.05, 0) is 29.8 Å². The predicted octanol–water partition coefficient (Wildman–Crippen LogP) is 5.01. The van der Waals surface area contributed by atoms with Crippen molar-refractivity contribution in [1.82, 2.24) is 14.9 Å². The van der Waals surface area contributed by atoms with E-state index in [1.54, 1.807) is 24.3 Å². The first kappa shape index (κ1) is 23.5. The predicted molar refractivity (Wildman–Crippen MR) is 127 cm³/mol. The van der Waals surface area contributed by atoms with Crippen molar-refractivity contribution in [2.24, 2.45) is 0 Å². The van der Waals surface area contributed by atoms with Crippen molar-refractivity contribution in [3.63, 3.8) is 0 Å². The fourth-order valence-corrected chi connectivity index (χ4v) is 4.34. The summed E-state index contributed by atoms with van der Waals surface area (Å²) in [7, 11) is 1.59. The Kier molecular flexibility index (Phi) is 6.99. The number of aromatic nitrogens is 2. The van der Waals surface area contributed by atoms with Gasteiger partial charge in [-0.3, -0.25) is 14.8 Å². The highest BCUT2D eigenvalue weighted by Gasteiger charge is 2.17. The minimum absolute atomic E-state index is 0.0401. The van der Waals surface area contributed by atoms with Gasteiger partial charge < -0.3 is 20.1 Å². The summed E-state index contributed by atoms with van der Waals surface area (Å²) in [4.78, 5) is 23.2. The molecule has 0 saturated carbocycles. The molecule has 0 fully saturated rings. The van der Waals surface area contributed by atoms with Crippen LogP contribution in [0.3, 0.4) is 0 Å². The number of fused-ring (bicyclic) bond motifs is 1. The van der Waals surface area contributed by atoms with Crippen molar-refractivity contribution in [1.29, 1.82) is 0 Å². The van der Waals surface area contributed by atoms with Crippen LogP contribution < -0.4 is 10.5 Å². The van der Waals surface area contributed by atoms with Gasteiger partial charge in [-0.2, -0.15) is 4.39 Å². The van der Waals surface area contributed by atoms with Crippen LogP contribution in [0.15, 0.2) is 48.8 Å². The molecule has 1 aromatic carbocycles. The molecule has 4 rings (SSSR count). The maximum absolute atomic E-state index is 14.2. The van der Waals surface area contributed by atoms with Gasteiger partial charge in [0.25, 0.3) is 0 Å². The van der Waals surface area contributed by atoms with Crippen molar-refractivity contribution >= 4 is 33.1 Å². The van der Waals surface area contributed by atoms with Gasteiger partial charge in [-0.15, -0.1) is 11.3 Å². The topological polar surface area (TPSA) is 90.6 Å². The summed E-state index contributed by atoms with van der Waals surface area (Å²) in [5.41, 5.74) is 7.36. The molecule has 0 bridgehead atoms. The van der Waals surface area contributed by atoms with Crippen LogP contribution in [0.5, 0.6) is 11.5 Å². The quantitative estimate of drug-likeness (QED) is 0.354. The van der Waals surface area contributed by atoms with E-state index in [9.17, 15) is 13.6 Å². The Bertz CT molecular complexity index is 1330. The number of nitrogen functional groups attached to an aromatic ring is 1. The number of nitrogens with two attached hydrogens (primary N) is 1. The lowest BCUT2D eigenvalue weighted by molar-refractivity contribution is -0.130. The third kappa shape index (κ3) is 4.97. The number of anilines is 1. The number of nitrogens with zero attached hydrogens (tertiary/aromatic N) is 3. The molecular weight excluding hydrogens is 462 g/mol. The van der Waals surface area contributed by atoms with Gasteiger partial charge in [-0.1, -0.05) is 6.07 Å². The van der Waals surface area contributed by atoms with Gasteiger partial charge in [0.05, 0.1) is 33.1 Å². The van der Waals surface area contributed by atoms with Crippen molar-refractivity contribution in [3.8, 4) is 22.1 Å². The van der Waals surface area contributed by atoms with Gasteiger partial charge >= 0.3 is 0 Å². The smallest absolute Gasteiger partial charge is 0.219 e. The Morgan fingerprint density at radius 3 is 2.65 bits per heavy atom. The van der Waals surface area contributed by atoms with Crippen LogP contribution in [0.1, 0.15) is 12.5 Å². The van der Waals surface area contributed by atoms with E-state index >= 15 is 0 Å². The van der Waals surface area contributed by atoms with Crippen LogP contribution in [0.2, 0.25) is 0 Å². The average Bonchev–Trinajstić information content (AvgIpc) is 3.27. The molecule has 3 heterocycles. The minimum atomic E-state index is -1.15. The molecule has 0 aliphatic carbocycles. The second-order valence-electron chi connectivity index (χ2n) is 7.50. The Morgan fingerprint density at radius 1 is 1.12 bits per heavy atom. The van der Waals surface area contributed by atoms with Crippen LogP contribution >= 0.6 is 11.3 Å². The Hall–Kier alpha value is -3.63. The van der Waals surface area contributed by atoms with Crippen LogP contribution in [0, 0.1) is 11.6 Å². The van der Waals surface area contributed by atoms with E-state index in [4.69, 9.17) is 15.2 Å². The van der Waals surface area contributed by atoms with E-state index in [2.05, 4.69) is 9.97 Å². The molecule has 2 N–H and O–H groups in total. The number of ether oxygens (including phenoxy) is 2. The zero-order chi connectivity index (χ0) is 24.2. The second kappa shape index (κ2) is 10.1. The number of halogens is 2. The molecule has 176 valence electrons. The molecule has 0 atom stereocenters. The minimum Gasteiger partial charge on any atom is -0.453 e. The number of hydrogen-bond acceptors (Lipinski definition) is 7. The van der Waals surface area contributed by atoms with E-state index in [1.165, 1.54) is 36.6 Å². The number of pyridine rings is 2. The molecule has 0 spiro atoms. The summed E-state index contributed by atoms with van der Waals surface area (Å²) in [5, 5.41) is 0. The Labute approximate surface area is 198 Å². The number of thiophene rings is 1. The first-order valence-corrected chi connectivity index (χ1v) is 11.2. The van der Waals surface area contributed by atoms with Crippen molar-refractivity contribution < 1.29 is 23.0 Å². The molecule has 0 saturated heterocycles. The number of benzene rings is 1. The van der Waals surface area contributed by atoms with Crippen LogP contribution in [0.25, 0.3) is 20.8 Å². The highest BCUT2D eigenvalue weighted by Crippen LogP contribution is 2.39. The molecule has 0 unspecified atom stereocenters. The summed E-state index contributed by atoms with van der Waals surface area (Å²) in [6, 6.07) is 9.75. The summed E-state index contributed by atoms with van der Waals surface area (Å²) in [6.07, 6.45) is 3.26. The molecule has 7 nitrogen and oxygen atoms in total. The molecule has 10 heteroatoms. The number of rotatable bonds is 8. The Balaban J connectivity index is 1.58. The van der Waals surface area contributed by atoms with E-state index in [0.29, 0.717) is 41.4 Å². The molecule has 3 aromatic heterocycles. The maximum Gasteiger partial charge on any atom is 0.219 e. The largest absolute Gasteiger partial charge is 0.453 e. The first-order chi connectivity index (χ1) is 16.4. The van der Waals surface area contributed by atoms with Crippen molar-refractivity contribution in [2.45, 2.75) is 13.5 Å². The summed E-state index contributed by atoms with van der Waals surface area (Å²) >= 11 is 1.37. The van der Waals surface area contributed by atoms with E-state index in [1.807, 2.05) is 18.2 Å². The number of carbonyl (C=O) groups is 1. The van der Waals surface area contributed by atoms with E-state index in [0.717, 1.165) is 10.4 Å². The maximum atomic E-state index is 14.2. The van der Waals surface area contributed by atoms with Crippen LogP contribution in [-0.4, -0.2) is 41.0 Å². The van der Waals surface area contributed by atoms with Gasteiger partial charge in [0, 0.05) is 45.6 Å². The van der Waals surface area contributed by atoms with Gasteiger partial charge in [0.2, 0.25) is 11.7 Å². The second-order valence-corrected chi connectivity index (χ2v) is 8.55. The molecule has 0 radical (unpaired) electrons. The SMILES string of the molecule is COCCN(Cc1ccc(-c2cc3nccc(Oc4ccc(N)c(F)c4F)c3s2)nc1)C(C)=O.